The summed E-state index contributed by atoms with van der Waals surface area (Å²) in [5.74, 6) is 0.250. The Bertz CT molecular complexity index is 742. The smallest absolute Gasteiger partial charge is 0.338 e. The molecule has 0 N–H and O–H groups in total. The number of esters is 1. The molecule has 0 fully saturated rings. The second-order valence-electron chi connectivity index (χ2n) is 5.02. The Hall–Kier alpha value is -2.17. The highest BCUT2D eigenvalue weighted by Gasteiger charge is 2.17. The Labute approximate surface area is 156 Å². The normalized spacial score (nSPS) is 10.2. The first kappa shape index (κ1) is 19.2. The lowest BCUT2D eigenvalue weighted by atomic mass is 10.2. The zero-order valence-corrected chi connectivity index (χ0v) is 15.3. The van der Waals surface area contributed by atoms with Gasteiger partial charge in [0.1, 0.15) is 13.2 Å². The monoisotopic (exact) mass is 380 g/mol. The molecule has 4 nitrogen and oxygen atoms in total. The number of hydrogen-bond acceptors (Lipinski definition) is 4. The SMILES string of the molecule is C=CCOC(=O)c1cc(Cl)c(OCc2ccc(Cl)cc2)c(OCC)c1. The molecular formula is C19H18Cl2O4. The van der Waals surface area contributed by atoms with E-state index in [2.05, 4.69) is 6.58 Å². The summed E-state index contributed by atoms with van der Waals surface area (Å²) < 4.78 is 16.4. The van der Waals surface area contributed by atoms with Crippen molar-refractivity contribution in [2.45, 2.75) is 13.5 Å². The zero-order valence-electron chi connectivity index (χ0n) is 13.8. The van der Waals surface area contributed by atoms with Crippen molar-refractivity contribution in [1.29, 1.82) is 0 Å². The largest absolute Gasteiger partial charge is 0.490 e. The van der Waals surface area contributed by atoms with Crippen LogP contribution in [-0.2, 0) is 11.3 Å². The van der Waals surface area contributed by atoms with Crippen molar-refractivity contribution in [2.24, 2.45) is 0 Å². The first-order chi connectivity index (χ1) is 12.0. The van der Waals surface area contributed by atoms with Gasteiger partial charge in [0, 0.05) is 5.02 Å². The second kappa shape index (κ2) is 9.35. The molecule has 0 saturated carbocycles. The van der Waals surface area contributed by atoms with Crippen LogP contribution in [0.2, 0.25) is 10.0 Å². The minimum absolute atomic E-state index is 0.120. The highest BCUT2D eigenvalue weighted by atomic mass is 35.5. The number of benzene rings is 2. The third kappa shape index (κ3) is 5.41. The molecule has 0 amide bonds. The van der Waals surface area contributed by atoms with Crippen molar-refractivity contribution < 1.29 is 19.0 Å². The van der Waals surface area contributed by atoms with Gasteiger partial charge in [0.15, 0.2) is 11.5 Å². The van der Waals surface area contributed by atoms with E-state index >= 15 is 0 Å². The van der Waals surface area contributed by atoms with Gasteiger partial charge in [-0.05, 0) is 36.8 Å². The topological polar surface area (TPSA) is 44.8 Å². The quantitative estimate of drug-likeness (QED) is 0.459. The Morgan fingerprint density at radius 2 is 1.88 bits per heavy atom. The van der Waals surface area contributed by atoms with Crippen LogP contribution >= 0.6 is 23.2 Å². The van der Waals surface area contributed by atoms with E-state index in [9.17, 15) is 4.79 Å². The fourth-order valence-corrected chi connectivity index (χ4v) is 2.43. The van der Waals surface area contributed by atoms with Gasteiger partial charge in [-0.2, -0.15) is 0 Å². The van der Waals surface area contributed by atoms with Crippen molar-refractivity contribution in [1.82, 2.24) is 0 Å². The van der Waals surface area contributed by atoms with Gasteiger partial charge in [-0.25, -0.2) is 4.79 Å². The van der Waals surface area contributed by atoms with Crippen molar-refractivity contribution in [2.75, 3.05) is 13.2 Å². The maximum Gasteiger partial charge on any atom is 0.338 e. The summed E-state index contributed by atoms with van der Waals surface area (Å²) in [7, 11) is 0. The molecule has 0 atom stereocenters. The van der Waals surface area contributed by atoms with Crippen LogP contribution in [0.3, 0.4) is 0 Å². The van der Waals surface area contributed by atoms with Crippen LogP contribution in [0.4, 0.5) is 0 Å². The van der Waals surface area contributed by atoms with Gasteiger partial charge in [0.05, 0.1) is 17.2 Å². The molecule has 2 rings (SSSR count). The molecule has 0 radical (unpaired) electrons. The third-order valence-corrected chi connectivity index (χ3v) is 3.71. The van der Waals surface area contributed by atoms with Crippen LogP contribution in [0, 0.1) is 0 Å². The number of ether oxygens (including phenoxy) is 3. The average Bonchev–Trinajstić information content (AvgIpc) is 2.60. The number of carbonyl (C=O) groups excluding carboxylic acids is 1. The van der Waals surface area contributed by atoms with Gasteiger partial charge in [0.2, 0.25) is 0 Å². The zero-order chi connectivity index (χ0) is 18.2. The molecule has 0 aromatic heterocycles. The minimum atomic E-state index is -0.507. The summed E-state index contributed by atoms with van der Waals surface area (Å²) in [5, 5.41) is 0.921. The fraction of sp³-hybridized carbons (Fsp3) is 0.211. The van der Waals surface area contributed by atoms with Crippen LogP contribution in [0.25, 0.3) is 0 Å². The summed E-state index contributed by atoms with van der Waals surface area (Å²) >= 11 is 12.2. The lowest BCUT2D eigenvalue weighted by Crippen LogP contribution is -2.07. The molecule has 0 unspecified atom stereocenters. The van der Waals surface area contributed by atoms with E-state index in [1.807, 2.05) is 19.1 Å². The first-order valence-corrected chi connectivity index (χ1v) is 8.42. The average molecular weight is 381 g/mol. The summed E-state index contributed by atoms with van der Waals surface area (Å²) in [6, 6.07) is 10.3. The molecular weight excluding hydrogens is 363 g/mol. The molecule has 0 heterocycles. The van der Waals surface area contributed by atoms with Crippen LogP contribution in [0.15, 0.2) is 49.1 Å². The van der Waals surface area contributed by atoms with E-state index in [1.165, 1.54) is 12.1 Å². The standard InChI is InChI=1S/C19H18Cl2O4/c1-3-9-24-19(22)14-10-16(21)18(17(11-14)23-4-2)25-12-13-5-7-15(20)8-6-13/h3,5-8,10-11H,1,4,9,12H2,2H3. The third-order valence-electron chi connectivity index (χ3n) is 3.17. The van der Waals surface area contributed by atoms with Gasteiger partial charge in [0.25, 0.3) is 0 Å². The van der Waals surface area contributed by atoms with Crippen molar-refractivity contribution in [3.05, 3.63) is 70.2 Å². The highest BCUT2D eigenvalue weighted by molar-refractivity contribution is 6.32. The minimum Gasteiger partial charge on any atom is -0.490 e. The number of halogens is 2. The second-order valence-corrected chi connectivity index (χ2v) is 5.86. The predicted molar refractivity (Wildman–Crippen MR) is 98.9 cm³/mol. The maximum absolute atomic E-state index is 12.0. The fourth-order valence-electron chi connectivity index (χ4n) is 2.04. The van der Waals surface area contributed by atoms with Gasteiger partial charge >= 0.3 is 5.97 Å². The van der Waals surface area contributed by atoms with Crippen molar-refractivity contribution in [3.63, 3.8) is 0 Å². The predicted octanol–water partition coefficient (Wildman–Crippen LogP) is 5.31. The van der Waals surface area contributed by atoms with E-state index in [1.54, 1.807) is 18.2 Å². The van der Waals surface area contributed by atoms with Gasteiger partial charge in [-0.3, -0.25) is 0 Å². The Balaban J connectivity index is 2.22. The Kier molecular flexibility index (Phi) is 7.16. The van der Waals surface area contributed by atoms with Crippen molar-refractivity contribution in [3.8, 4) is 11.5 Å². The summed E-state index contributed by atoms with van der Waals surface area (Å²) in [5.41, 5.74) is 1.21. The lowest BCUT2D eigenvalue weighted by Gasteiger charge is -2.15. The first-order valence-electron chi connectivity index (χ1n) is 7.66. The molecule has 0 aliphatic rings. The van der Waals surface area contributed by atoms with Gasteiger partial charge < -0.3 is 14.2 Å². The van der Waals surface area contributed by atoms with E-state index in [0.717, 1.165) is 5.56 Å². The Morgan fingerprint density at radius 3 is 2.52 bits per heavy atom. The number of carbonyl (C=O) groups is 1. The molecule has 2 aromatic carbocycles. The molecule has 0 spiro atoms. The summed E-state index contributed by atoms with van der Waals surface area (Å²) in [4.78, 5) is 12.0. The molecule has 6 heteroatoms. The van der Waals surface area contributed by atoms with E-state index in [4.69, 9.17) is 37.4 Å². The lowest BCUT2D eigenvalue weighted by molar-refractivity contribution is 0.0549. The van der Waals surface area contributed by atoms with Gasteiger partial charge in [-0.15, -0.1) is 0 Å². The summed E-state index contributed by atoms with van der Waals surface area (Å²) in [6.45, 7) is 6.15. The van der Waals surface area contributed by atoms with E-state index in [-0.39, 0.29) is 23.8 Å². The molecule has 0 aliphatic carbocycles. The molecule has 2 aromatic rings. The summed E-state index contributed by atoms with van der Waals surface area (Å²) in [6.07, 6.45) is 1.49. The number of rotatable bonds is 8. The van der Waals surface area contributed by atoms with Crippen LogP contribution < -0.4 is 9.47 Å². The Morgan fingerprint density at radius 1 is 1.16 bits per heavy atom. The molecule has 0 bridgehead atoms. The molecule has 25 heavy (non-hydrogen) atoms. The van der Waals surface area contributed by atoms with Gasteiger partial charge in [-0.1, -0.05) is 48.0 Å². The van der Waals surface area contributed by atoms with E-state index < -0.39 is 5.97 Å². The molecule has 0 aliphatic heterocycles. The van der Waals surface area contributed by atoms with E-state index in [0.29, 0.717) is 23.1 Å². The maximum atomic E-state index is 12.0. The van der Waals surface area contributed by atoms with Crippen LogP contribution in [-0.4, -0.2) is 19.2 Å². The number of hydrogen-bond donors (Lipinski definition) is 0. The highest BCUT2D eigenvalue weighted by Crippen LogP contribution is 2.37. The molecule has 0 saturated heterocycles. The van der Waals surface area contributed by atoms with Crippen molar-refractivity contribution >= 4 is 29.2 Å². The molecule has 132 valence electrons. The van der Waals surface area contributed by atoms with Crippen LogP contribution in [0.1, 0.15) is 22.8 Å². The van der Waals surface area contributed by atoms with Crippen LogP contribution in [0.5, 0.6) is 11.5 Å².